The third-order valence-electron chi connectivity index (χ3n) is 2.60. The normalized spacial score (nSPS) is 22.2. The molecule has 2 atom stereocenters. The third-order valence-corrected chi connectivity index (χ3v) is 3.84. The summed E-state index contributed by atoms with van der Waals surface area (Å²) in [7, 11) is 0. The lowest BCUT2D eigenvalue weighted by molar-refractivity contribution is -0.123. The Labute approximate surface area is 126 Å². The van der Waals surface area contributed by atoms with Gasteiger partial charge < -0.3 is 10.6 Å². The SMILES string of the molecule is CC1CC(=O)NC(SCC(=O)Nc2ccc(Cl)cn2)N1. The van der Waals surface area contributed by atoms with Crippen LogP contribution in [0.25, 0.3) is 0 Å². The number of hydrogen-bond donors (Lipinski definition) is 3. The number of aromatic nitrogens is 1. The maximum Gasteiger partial charge on any atom is 0.235 e. The van der Waals surface area contributed by atoms with Crippen LogP contribution < -0.4 is 16.0 Å². The Morgan fingerprint density at radius 3 is 3.05 bits per heavy atom. The van der Waals surface area contributed by atoms with E-state index in [1.807, 2.05) is 6.92 Å². The van der Waals surface area contributed by atoms with Gasteiger partial charge in [-0.25, -0.2) is 4.98 Å². The van der Waals surface area contributed by atoms with E-state index in [9.17, 15) is 9.59 Å². The lowest BCUT2D eigenvalue weighted by atomic mass is 10.2. The smallest absolute Gasteiger partial charge is 0.235 e. The highest BCUT2D eigenvalue weighted by atomic mass is 35.5. The topological polar surface area (TPSA) is 83.1 Å². The summed E-state index contributed by atoms with van der Waals surface area (Å²) in [4.78, 5) is 27.1. The van der Waals surface area contributed by atoms with Crippen LogP contribution >= 0.6 is 23.4 Å². The highest BCUT2D eigenvalue weighted by Crippen LogP contribution is 2.13. The third kappa shape index (κ3) is 4.66. The molecule has 1 aromatic heterocycles. The second kappa shape index (κ2) is 6.92. The summed E-state index contributed by atoms with van der Waals surface area (Å²) in [5, 5.41) is 9.14. The minimum atomic E-state index is -0.241. The highest BCUT2D eigenvalue weighted by Gasteiger charge is 2.23. The van der Waals surface area contributed by atoms with E-state index in [0.29, 0.717) is 17.3 Å². The van der Waals surface area contributed by atoms with Gasteiger partial charge in [0.1, 0.15) is 11.3 Å². The van der Waals surface area contributed by atoms with E-state index in [0.717, 1.165) is 0 Å². The minimum absolute atomic E-state index is 0.00599. The summed E-state index contributed by atoms with van der Waals surface area (Å²) in [6, 6.07) is 3.40. The summed E-state index contributed by atoms with van der Waals surface area (Å²) >= 11 is 7.04. The molecule has 1 saturated heterocycles. The van der Waals surface area contributed by atoms with Gasteiger partial charge in [0.15, 0.2) is 0 Å². The first kappa shape index (κ1) is 15.1. The monoisotopic (exact) mass is 314 g/mol. The molecule has 0 aromatic carbocycles. The second-order valence-corrected chi connectivity index (χ2v) is 5.97. The van der Waals surface area contributed by atoms with Gasteiger partial charge in [-0.1, -0.05) is 11.6 Å². The summed E-state index contributed by atoms with van der Waals surface area (Å²) in [5.74, 6) is 0.483. The van der Waals surface area contributed by atoms with Crippen molar-refractivity contribution in [2.24, 2.45) is 0 Å². The zero-order chi connectivity index (χ0) is 14.5. The molecule has 3 N–H and O–H groups in total. The molecule has 1 aromatic rings. The van der Waals surface area contributed by atoms with Crippen molar-refractivity contribution in [2.45, 2.75) is 24.9 Å². The molecule has 0 aliphatic carbocycles. The van der Waals surface area contributed by atoms with Gasteiger partial charge in [0.2, 0.25) is 11.8 Å². The first-order chi connectivity index (χ1) is 9.52. The van der Waals surface area contributed by atoms with Crippen LogP contribution in [0.15, 0.2) is 18.3 Å². The van der Waals surface area contributed by atoms with E-state index in [4.69, 9.17) is 11.6 Å². The zero-order valence-electron chi connectivity index (χ0n) is 10.9. The van der Waals surface area contributed by atoms with Crippen molar-refractivity contribution in [2.75, 3.05) is 11.1 Å². The zero-order valence-corrected chi connectivity index (χ0v) is 12.4. The van der Waals surface area contributed by atoms with Crippen LogP contribution in [-0.4, -0.2) is 34.1 Å². The molecule has 0 spiro atoms. The quantitative estimate of drug-likeness (QED) is 0.777. The molecule has 2 amide bonds. The van der Waals surface area contributed by atoms with E-state index in [1.165, 1.54) is 18.0 Å². The molecule has 0 radical (unpaired) electrons. The van der Waals surface area contributed by atoms with Crippen molar-refractivity contribution in [1.82, 2.24) is 15.6 Å². The predicted molar refractivity (Wildman–Crippen MR) is 79.5 cm³/mol. The van der Waals surface area contributed by atoms with E-state index >= 15 is 0 Å². The van der Waals surface area contributed by atoms with Gasteiger partial charge in [-0.15, -0.1) is 11.8 Å². The predicted octanol–water partition coefficient (Wildman–Crippen LogP) is 1.19. The van der Waals surface area contributed by atoms with Crippen molar-refractivity contribution in [3.63, 3.8) is 0 Å². The van der Waals surface area contributed by atoms with Crippen LogP contribution in [0.3, 0.4) is 0 Å². The highest BCUT2D eigenvalue weighted by molar-refractivity contribution is 8.00. The van der Waals surface area contributed by atoms with E-state index in [-0.39, 0.29) is 29.1 Å². The molecule has 0 bridgehead atoms. The lowest BCUT2D eigenvalue weighted by Gasteiger charge is -2.28. The van der Waals surface area contributed by atoms with Crippen LogP contribution in [0.4, 0.5) is 5.82 Å². The fourth-order valence-electron chi connectivity index (χ4n) is 1.72. The van der Waals surface area contributed by atoms with E-state index < -0.39 is 0 Å². The fourth-order valence-corrected chi connectivity index (χ4v) is 2.77. The minimum Gasteiger partial charge on any atom is -0.332 e. The van der Waals surface area contributed by atoms with Crippen molar-refractivity contribution < 1.29 is 9.59 Å². The maximum absolute atomic E-state index is 11.8. The molecular formula is C12H15ClN4O2S. The number of nitrogens with zero attached hydrogens (tertiary/aromatic N) is 1. The first-order valence-electron chi connectivity index (χ1n) is 6.11. The first-order valence-corrected chi connectivity index (χ1v) is 7.54. The number of carbonyl (C=O) groups excluding carboxylic acids is 2. The van der Waals surface area contributed by atoms with Gasteiger partial charge in [-0.3, -0.25) is 14.9 Å². The lowest BCUT2D eigenvalue weighted by Crippen LogP contribution is -2.53. The van der Waals surface area contributed by atoms with Crippen molar-refractivity contribution >= 4 is 41.0 Å². The fraction of sp³-hybridized carbons (Fsp3) is 0.417. The molecule has 2 rings (SSSR count). The van der Waals surface area contributed by atoms with Gasteiger partial charge in [0, 0.05) is 18.7 Å². The molecule has 1 aliphatic heterocycles. The summed E-state index contributed by atoms with van der Waals surface area (Å²) < 4.78 is 0. The average Bonchev–Trinajstić information content (AvgIpc) is 2.38. The number of amides is 2. The van der Waals surface area contributed by atoms with E-state index in [1.54, 1.807) is 12.1 Å². The Kier molecular flexibility index (Phi) is 5.22. The Balaban J connectivity index is 1.77. The molecule has 6 nitrogen and oxygen atoms in total. The molecule has 20 heavy (non-hydrogen) atoms. The Bertz CT molecular complexity index is 497. The van der Waals surface area contributed by atoms with Crippen molar-refractivity contribution in [3.8, 4) is 0 Å². The van der Waals surface area contributed by atoms with Crippen LogP contribution in [-0.2, 0) is 9.59 Å². The van der Waals surface area contributed by atoms with Crippen LogP contribution in [0.1, 0.15) is 13.3 Å². The largest absolute Gasteiger partial charge is 0.332 e. The summed E-state index contributed by atoms with van der Waals surface area (Å²) in [5.41, 5.74) is -0.241. The Hall–Kier alpha value is -1.31. The molecule has 108 valence electrons. The number of carbonyl (C=O) groups is 2. The average molecular weight is 315 g/mol. The number of anilines is 1. The molecule has 2 unspecified atom stereocenters. The standard InChI is InChI=1S/C12H15ClN4O2S/c1-7-4-10(18)17-12(15-7)20-6-11(19)16-9-3-2-8(13)5-14-9/h2-3,5,7,12,15H,4,6H2,1H3,(H,17,18)(H,14,16,19). The number of thioether (sulfide) groups is 1. The Morgan fingerprint density at radius 1 is 1.60 bits per heavy atom. The van der Waals surface area contributed by atoms with Gasteiger partial charge >= 0.3 is 0 Å². The molecule has 1 aliphatic rings. The second-order valence-electron chi connectivity index (χ2n) is 4.44. The van der Waals surface area contributed by atoms with Crippen molar-refractivity contribution in [1.29, 1.82) is 0 Å². The number of nitrogens with one attached hydrogen (secondary N) is 3. The maximum atomic E-state index is 11.8. The molecule has 0 saturated carbocycles. The number of halogens is 1. The number of rotatable bonds is 4. The molecule has 2 heterocycles. The Morgan fingerprint density at radius 2 is 2.40 bits per heavy atom. The summed E-state index contributed by atoms with van der Waals surface area (Å²) in [6.07, 6.45) is 1.92. The molecule has 1 fully saturated rings. The van der Waals surface area contributed by atoms with E-state index in [2.05, 4.69) is 20.9 Å². The van der Waals surface area contributed by atoms with Crippen LogP contribution in [0.5, 0.6) is 0 Å². The molecular weight excluding hydrogens is 300 g/mol. The van der Waals surface area contributed by atoms with Crippen LogP contribution in [0, 0.1) is 0 Å². The number of pyridine rings is 1. The van der Waals surface area contributed by atoms with Gasteiger partial charge in [-0.05, 0) is 19.1 Å². The van der Waals surface area contributed by atoms with Gasteiger partial charge in [-0.2, -0.15) is 0 Å². The van der Waals surface area contributed by atoms with Gasteiger partial charge in [0.25, 0.3) is 0 Å². The number of hydrogen-bond acceptors (Lipinski definition) is 5. The summed E-state index contributed by atoms with van der Waals surface area (Å²) in [6.45, 7) is 1.93. The van der Waals surface area contributed by atoms with Crippen LogP contribution in [0.2, 0.25) is 5.02 Å². The van der Waals surface area contributed by atoms with Crippen molar-refractivity contribution in [3.05, 3.63) is 23.4 Å². The molecule has 8 heteroatoms. The van der Waals surface area contributed by atoms with Gasteiger partial charge in [0.05, 0.1) is 10.8 Å².